The number of aliphatic hydroxyl groups is 2. The quantitative estimate of drug-likeness (QED) is 0.0320. The monoisotopic (exact) mass is 1120 g/mol. The molecule has 0 saturated heterocycles. The van der Waals surface area contributed by atoms with E-state index in [2.05, 4.69) is 43.5 Å². The Balaban J connectivity index is 3.44. The zero-order valence-electron chi connectivity index (χ0n) is 54.1. The molecule has 2 atom stereocenters. The molecule has 0 spiro atoms. The van der Waals surface area contributed by atoms with Crippen LogP contribution in [0.2, 0.25) is 0 Å². The van der Waals surface area contributed by atoms with E-state index in [0.717, 1.165) is 51.4 Å². The summed E-state index contributed by atoms with van der Waals surface area (Å²) in [7, 11) is 0. The topological polar surface area (TPSA) is 95.9 Å². The Kier molecular flexibility index (Phi) is 67.9. The maximum Gasteiger partial charge on any atom is 0.305 e. The van der Waals surface area contributed by atoms with E-state index in [-0.39, 0.29) is 18.5 Å². The average Bonchev–Trinajstić information content (AvgIpc) is 3.46. The second-order valence-corrected chi connectivity index (χ2v) is 24.9. The highest BCUT2D eigenvalue weighted by Crippen LogP contribution is 2.18. The smallest absolute Gasteiger partial charge is 0.305 e. The first kappa shape index (κ1) is 78.1. The summed E-state index contributed by atoms with van der Waals surface area (Å²) in [4.78, 5) is 24.6. The van der Waals surface area contributed by atoms with Gasteiger partial charge in [0.15, 0.2) is 0 Å². The van der Waals surface area contributed by atoms with Crippen molar-refractivity contribution >= 4 is 11.9 Å². The molecule has 0 saturated carbocycles. The zero-order chi connectivity index (χ0) is 57.8. The van der Waals surface area contributed by atoms with Crippen molar-refractivity contribution in [3.63, 3.8) is 0 Å². The molecular weight excluding hydrogens is 983 g/mol. The van der Waals surface area contributed by atoms with Crippen molar-refractivity contribution in [2.24, 2.45) is 0 Å². The number of hydrogen-bond acceptors (Lipinski definition) is 5. The molecule has 0 aromatic heterocycles. The molecule has 0 aromatic carbocycles. The summed E-state index contributed by atoms with van der Waals surface area (Å²) in [5.41, 5.74) is 0. The van der Waals surface area contributed by atoms with Crippen LogP contribution < -0.4 is 5.32 Å². The van der Waals surface area contributed by atoms with E-state index in [1.165, 1.54) is 321 Å². The summed E-state index contributed by atoms with van der Waals surface area (Å²) in [6.45, 7) is 4.93. The van der Waals surface area contributed by atoms with Gasteiger partial charge in [0.25, 0.3) is 0 Å². The Hall–Kier alpha value is -1.92. The van der Waals surface area contributed by atoms with Gasteiger partial charge in [0.1, 0.15) is 0 Å². The highest BCUT2D eigenvalue weighted by molar-refractivity contribution is 5.76. The molecule has 6 nitrogen and oxygen atoms in total. The molecule has 0 aliphatic heterocycles. The summed E-state index contributed by atoms with van der Waals surface area (Å²) >= 11 is 0. The normalized spacial score (nSPS) is 12.7. The van der Waals surface area contributed by atoms with Gasteiger partial charge in [-0.1, -0.05) is 339 Å². The number of unbranched alkanes of at least 4 members (excludes halogenated alkanes) is 53. The van der Waals surface area contributed by atoms with Crippen molar-refractivity contribution in [3.8, 4) is 0 Å². The first-order valence-corrected chi connectivity index (χ1v) is 36.3. The van der Waals surface area contributed by atoms with E-state index < -0.39 is 12.1 Å². The predicted octanol–water partition coefficient (Wildman–Crippen LogP) is 23.5. The molecule has 0 bridgehead atoms. The molecule has 0 fully saturated rings. The Bertz CT molecular complexity index is 1300. The minimum Gasteiger partial charge on any atom is -0.466 e. The van der Waals surface area contributed by atoms with Crippen LogP contribution in [0.1, 0.15) is 399 Å². The van der Waals surface area contributed by atoms with E-state index in [9.17, 15) is 19.8 Å². The SMILES string of the molecule is CCCCCCCC/C=C\CCCCCCCC(=O)OCCCCCCCCCCCCCC/C=C\CCCCCCCCCC(=O)NC(CO)C(O)/C=C/CCCCCCCCCCCCCCCCCCCCCCCCC. The van der Waals surface area contributed by atoms with Crippen molar-refractivity contribution in [2.75, 3.05) is 13.2 Å². The number of nitrogens with one attached hydrogen (secondary N) is 1. The van der Waals surface area contributed by atoms with Gasteiger partial charge in [-0.2, -0.15) is 0 Å². The van der Waals surface area contributed by atoms with Crippen molar-refractivity contribution in [2.45, 2.75) is 411 Å². The molecule has 80 heavy (non-hydrogen) atoms. The minimum atomic E-state index is -0.850. The standard InChI is InChI=1S/C74H141NO5/c1-3-5-7-9-11-13-15-17-19-20-21-22-23-24-26-29-32-35-39-42-46-50-54-58-62-66-72(77)71(70-76)75-73(78)67-63-59-55-51-47-43-40-36-33-30-27-25-28-31-34-37-41-45-49-53-57-61-65-69-80-74(79)68-64-60-56-52-48-44-38-18-16-14-12-10-8-6-4-2/h18,30,33,38,62,66,71-72,76-77H,3-17,19-29,31-32,34-37,39-61,63-65,67-70H2,1-2H3,(H,75,78)/b33-30-,38-18-,66-62+. The van der Waals surface area contributed by atoms with Crippen LogP contribution in [-0.2, 0) is 14.3 Å². The van der Waals surface area contributed by atoms with Crippen LogP contribution in [0.15, 0.2) is 36.5 Å². The summed E-state index contributed by atoms with van der Waals surface area (Å²) < 4.78 is 5.49. The molecule has 0 heterocycles. The number of esters is 1. The van der Waals surface area contributed by atoms with Crippen LogP contribution >= 0.6 is 0 Å². The molecule has 0 radical (unpaired) electrons. The number of rotatable bonds is 68. The van der Waals surface area contributed by atoms with Gasteiger partial charge in [-0.15, -0.1) is 0 Å². The Morgan fingerprint density at radius 2 is 0.588 bits per heavy atom. The third kappa shape index (κ3) is 65.2. The lowest BCUT2D eigenvalue weighted by atomic mass is 10.0. The van der Waals surface area contributed by atoms with Gasteiger partial charge in [-0.05, 0) is 83.5 Å². The fourth-order valence-corrected chi connectivity index (χ4v) is 11.3. The number of carbonyl (C=O) groups is 2. The second kappa shape index (κ2) is 69.6. The highest BCUT2D eigenvalue weighted by Gasteiger charge is 2.18. The van der Waals surface area contributed by atoms with Gasteiger partial charge in [-0.25, -0.2) is 0 Å². The number of allylic oxidation sites excluding steroid dienone is 5. The maximum absolute atomic E-state index is 12.5. The highest BCUT2D eigenvalue weighted by atomic mass is 16.5. The molecule has 0 aromatic rings. The first-order valence-electron chi connectivity index (χ1n) is 36.3. The van der Waals surface area contributed by atoms with Crippen LogP contribution in [0, 0.1) is 0 Å². The van der Waals surface area contributed by atoms with Gasteiger partial charge in [0, 0.05) is 12.8 Å². The van der Waals surface area contributed by atoms with Gasteiger partial charge >= 0.3 is 5.97 Å². The van der Waals surface area contributed by atoms with E-state index in [0.29, 0.717) is 19.4 Å². The van der Waals surface area contributed by atoms with Crippen molar-refractivity contribution in [1.29, 1.82) is 0 Å². The molecule has 1 amide bonds. The largest absolute Gasteiger partial charge is 0.466 e. The fraction of sp³-hybridized carbons (Fsp3) is 0.892. The van der Waals surface area contributed by atoms with Crippen LogP contribution in [0.5, 0.6) is 0 Å². The zero-order valence-corrected chi connectivity index (χ0v) is 54.1. The molecule has 2 unspecified atom stereocenters. The predicted molar refractivity (Wildman–Crippen MR) is 352 cm³/mol. The Morgan fingerprint density at radius 1 is 0.338 bits per heavy atom. The molecule has 3 N–H and O–H groups in total. The Labute approximate surface area is 500 Å². The summed E-state index contributed by atoms with van der Waals surface area (Å²) in [5, 5.41) is 23.3. The lowest BCUT2D eigenvalue weighted by Crippen LogP contribution is -2.45. The van der Waals surface area contributed by atoms with Crippen LogP contribution in [0.4, 0.5) is 0 Å². The average molecular weight is 1120 g/mol. The molecule has 6 heteroatoms. The number of aliphatic hydroxyl groups excluding tert-OH is 2. The van der Waals surface area contributed by atoms with Crippen molar-refractivity contribution in [1.82, 2.24) is 5.32 Å². The summed E-state index contributed by atoms with van der Waals surface area (Å²) in [5.74, 6) is -0.0666. The summed E-state index contributed by atoms with van der Waals surface area (Å²) in [6, 6.07) is -0.634. The fourth-order valence-electron chi connectivity index (χ4n) is 11.3. The molecule has 0 aliphatic rings. The third-order valence-electron chi connectivity index (χ3n) is 16.9. The van der Waals surface area contributed by atoms with Crippen LogP contribution in [-0.4, -0.2) is 47.4 Å². The third-order valence-corrected chi connectivity index (χ3v) is 16.9. The molecule has 0 aliphatic carbocycles. The van der Waals surface area contributed by atoms with Crippen LogP contribution in [0.3, 0.4) is 0 Å². The number of carbonyl (C=O) groups excluding carboxylic acids is 2. The van der Waals surface area contributed by atoms with Gasteiger partial charge in [-0.3, -0.25) is 9.59 Å². The molecule has 472 valence electrons. The van der Waals surface area contributed by atoms with Crippen LogP contribution in [0.25, 0.3) is 0 Å². The molecule has 0 rings (SSSR count). The van der Waals surface area contributed by atoms with Gasteiger partial charge < -0.3 is 20.3 Å². The molecular formula is C74H141NO5. The lowest BCUT2D eigenvalue weighted by Gasteiger charge is -2.20. The lowest BCUT2D eigenvalue weighted by molar-refractivity contribution is -0.143. The minimum absolute atomic E-state index is 0.00370. The number of hydrogen-bond donors (Lipinski definition) is 3. The van der Waals surface area contributed by atoms with E-state index in [1.807, 2.05) is 6.08 Å². The van der Waals surface area contributed by atoms with E-state index in [1.54, 1.807) is 6.08 Å². The van der Waals surface area contributed by atoms with Crippen molar-refractivity contribution in [3.05, 3.63) is 36.5 Å². The first-order chi connectivity index (χ1) is 39.5. The van der Waals surface area contributed by atoms with E-state index >= 15 is 0 Å². The number of amides is 1. The maximum atomic E-state index is 12.5. The van der Waals surface area contributed by atoms with E-state index in [4.69, 9.17) is 4.74 Å². The van der Waals surface area contributed by atoms with Gasteiger partial charge in [0.2, 0.25) is 5.91 Å². The van der Waals surface area contributed by atoms with Gasteiger partial charge in [0.05, 0.1) is 25.4 Å². The Morgan fingerprint density at radius 3 is 0.887 bits per heavy atom. The summed E-state index contributed by atoms with van der Waals surface area (Å²) in [6.07, 6.45) is 89.4. The number of ether oxygens (including phenoxy) is 1. The second-order valence-electron chi connectivity index (χ2n) is 24.9. The van der Waals surface area contributed by atoms with Crippen molar-refractivity contribution < 1.29 is 24.5 Å².